The van der Waals surface area contributed by atoms with E-state index in [9.17, 15) is 0 Å². The van der Waals surface area contributed by atoms with Gasteiger partial charge in [0.2, 0.25) is 0 Å². The summed E-state index contributed by atoms with van der Waals surface area (Å²) in [5.74, 6) is 1.19. The van der Waals surface area contributed by atoms with Crippen LogP contribution in [0.15, 0.2) is 0 Å². The molecule has 1 aromatic rings. The molecule has 1 fully saturated rings. The molecule has 5 heteroatoms. The van der Waals surface area contributed by atoms with E-state index in [4.69, 9.17) is 11.0 Å². The highest BCUT2D eigenvalue weighted by atomic mass is 15.3. The predicted molar refractivity (Wildman–Crippen MR) is 61.6 cm³/mol. The minimum Gasteiger partial charge on any atom is -0.383 e. The van der Waals surface area contributed by atoms with Crippen molar-refractivity contribution >= 4 is 5.82 Å². The first-order valence-electron chi connectivity index (χ1n) is 5.64. The Balaban J connectivity index is 2.03. The van der Waals surface area contributed by atoms with Gasteiger partial charge in [-0.1, -0.05) is 0 Å². The van der Waals surface area contributed by atoms with Crippen molar-refractivity contribution in [3.05, 3.63) is 11.3 Å². The molecule has 3 N–H and O–H groups in total. The largest absolute Gasteiger partial charge is 0.383 e. The molecule has 2 rings (SSSR count). The minimum absolute atomic E-state index is 0.474. The van der Waals surface area contributed by atoms with Gasteiger partial charge in [-0.3, -0.25) is 4.68 Å². The molecule has 0 aromatic carbocycles. The summed E-state index contributed by atoms with van der Waals surface area (Å²) in [6, 6.07) is 2.14. The zero-order valence-corrected chi connectivity index (χ0v) is 9.53. The monoisotopic (exact) mass is 219 g/mol. The molecule has 1 aliphatic rings. The summed E-state index contributed by atoms with van der Waals surface area (Å²) in [6.07, 6.45) is 3.16. The minimum atomic E-state index is 0.474. The van der Waals surface area contributed by atoms with Gasteiger partial charge in [-0.05, 0) is 38.3 Å². The third-order valence-electron chi connectivity index (χ3n) is 3.23. The fourth-order valence-corrected chi connectivity index (χ4v) is 2.19. The molecule has 1 aliphatic heterocycles. The second kappa shape index (κ2) is 4.54. The Morgan fingerprint density at radius 3 is 3.12 bits per heavy atom. The maximum atomic E-state index is 9.01. The van der Waals surface area contributed by atoms with Crippen molar-refractivity contribution < 1.29 is 0 Å². The molecule has 16 heavy (non-hydrogen) atoms. The first kappa shape index (κ1) is 11.0. The topological polar surface area (TPSA) is 79.7 Å². The van der Waals surface area contributed by atoms with Gasteiger partial charge in [0.15, 0.2) is 0 Å². The zero-order valence-electron chi connectivity index (χ0n) is 9.53. The van der Waals surface area contributed by atoms with E-state index < -0.39 is 0 Å². The van der Waals surface area contributed by atoms with E-state index >= 15 is 0 Å². The number of nitrogens with zero attached hydrogens (tertiary/aromatic N) is 3. The molecule has 1 atom stereocenters. The Hall–Kier alpha value is -1.54. The first-order valence-corrected chi connectivity index (χ1v) is 5.64. The SMILES string of the molecule is Cn1nc(CCC2CCNC2)c(C#N)c1N. The number of hydrogen-bond donors (Lipinski definition) is 2. The van der Waals surface area contributed by atoms with Gasteiger partial charge in [-0.15, -0.1) is 0 Å². The van der Waals surface area contributed by atoms with Gasteiger partial charge < -0.3 is 11.1 Å². The van der Waals surface area contributed by atoms with Gasteiger partial charge in [0.05, 0.1) is 5.69 Å². The van der Waals surface area contributed by atoms with Crippen LogP contribution in [0.3, 0.4) is 0 Å². The maximum Gasteiger partial charge on any atom is 0.139 e. The Morgan fingerprint density at radius 2 is 2.50 bits per heavy atom. The number of nitrogens with two attached hydrogens (primary N) is 1. The zero-order chi connectivity index (χ0) is 11.5. The third-order valence-corrected chi connectivity index (χ3v) is 3.23. The Labute approximate surface area is 95.2 Å². The molecule has 0 bridgehead atoms. The van der Waals surface area contributed by atoms with Crippen molar-refractivity contribution in [1.29, 1.82) is 5.26 Å². The molecule has 0 amide bonds. The first-order chi connectivity index (χ1) is 7.72. The lowest BCUT2D eigenvalue weighted by Crippen LogP contribution is -2.09. The Kier molecular flexibility index (Phi) is 3.11. The molecular weight excluding hydrogens is 202 g/mol. The summed E-state index contributed by atoms with van der Waals surface area (Å²) >= 11 is 0. The summed E-state index contributed by atoms with van der Waals surface area (Å²) in [4.78, 5) is 0. The number of anilines is 1. The molecule has 0 spiro atoms. The van der Waals surface area contributed by atoms with E-state index in [2.05, 4.69) is 16.5 Å². The van der Waals surface area contributed by atoms with Crippen LogP contribution in [0, 0.1) is 17.2 Å². The van der Waals surface area contributed by atoms with Gasteiger partial charge in [0.1, 0.15) is 17.5 Å². The molecule has 0 saturated carbocycles. The van der Waals surface area contributed by atoms with E-state index in [0.717, 1.165) is 37.5 Å². The van der Waals surface area contributed by atoms with Crippen molar-refractivity contribution in [3.63, 3.8) is 0 Å². The van der Waals surface area contributed by atoms with E-state index in [1.807, 2.05) is 0 Å². The predicted octanol–water partition coefficient (Wildman–Crippen LogP) is 0.416. The third kappa shape index (κ3) is 2.02. The normalized spacial score (nSPS) is 19.9. The Bertz CT molecular complexity index is 409. The molecule has 2 heterocycles. The van der Waals surface area contributed by atoms with Gasteiger partial charge in [0, 0.05) is 7.05 Å². The van der Waals surface area contributed by atoms with Crippen LogP contribution in [-0.2, 0) is 13.5 Å². The number of nitriles is 1. The summed E-state index contributed by atoms with van der Waals surface area (Å²) in [5, 5.41) is 16.6. The van der Waals surface area contributed by atoms with Gasteiger partial charge in [-0.25, -0.2) is 0 Å². The van der Waals surface area contributed by atoms with E-state index in [1.165, 1.54) is 6.42 Å². The number of aromatic nitrogens is 2. The van der Waals surface area contributed by atoms with Crippen LogP contribution in [0.4, 0.5) is 5.82 Å². The number of nitrogens with one attached hydrogen (secondary N) is 1. The number of aryl methyl sites for hydroxylation is 2. The van der Waals surface area contributed by atoms with Gasteiger partial charge in [0.25, 0.3) is 0 Å². The van der Waals surface area contributed by atoms with Crippen LogP contribution in [0.2, 0.25) is 0 Å². The molecule has 1 aromatic heterocycles. The van der Waals surface area contributed by atoms with Crippen LogP contribution >= 0.6 is 0 Å². The summed E-state index contributed by atoms with van der Waals surface area (Å²) in [5.41, 5.74) is 7.15. The van der Waals surface area contributed by atoms with Crippen LogP contribution < -0.4 is 11.1 Å². The second-order valence-electron chi connectivity index (χ2n) is 4.34. The lowest BCUT2D eigenvalue weighted by molar-refractivity contribution is 0.526. The average molecular weight is 219 g/mol. The smallest absolute Gasteiger partial charge is 0.139 e. The second-order valence-corrected chi connectivity index (χ2v) is 4.34. The summed E-state index contributed by atoms with van der Waals surface area (Å²) in [6.45, 7) is 2.20. The fourth-order valence-electron chi connectivity index (χ4n) is 2.19. The number of nitrogen functional groups attached to an aromatic ring is 1. The highest BCUT2D eigenvalue weighted by Gasteiger charge is 2.18. The van der Waals surface area contributed by atoms with Crippen molar-refractivity contribution in [2.75, 3.05) is 18.8 Å². The molecule has 1 saturated heterocycles. The Morgan fingerprint density at radius 1 is 1.69 bits per heavy atom. The van der Waals surface area contributed by atoms with Crippen LogP contribution in [0.25, 0.3) is 0 Å². The van der Waals surface area contributed by atoms with Crippen molar-refractivity contribution in [2.45, 2.75) is 19.3 Å². The molecule has 0 radical (unpaired) electrons. The summed E-state index contributed by atoms with van der Waals surface area (Å²) < 4.78 is 1.58. The van der Waals surface area contributed by atoms with Crippen molar-refractivity contribution in [3.8, 4) is 6.07 Å². The maximum absolute atomic E-state index is 9.01. The van der Waals surface area contributed by atoms with Crippen LogP contribution in [-0.4, -0.2) is 22.9 Å². The highest BCUT2D eigenvalue weighted by Crippen LogP contribution is 2.20. The molecule has 5 nitrogen and oxygen atoms in total. The highest BCUT2D eigenvalue weighted by molar-refractivity contribution is 5.51. The molecule has 86 valence electrons. The molecule has 1 unspecified atom stereocenters. The average Bonchev–Trinajstić information content (AvgIpc) is 2.86. The summed E-state index contributed by atoms with van der Waals surface area (Å²) in [7, 11) is 1.77. The number of rotatable bonds is 3. The molecule has 0 aliphatic carbocycles. The number of hydrogen-bond acceptors (Lipinski definition) is 4. The standard InChI is InChI=1S/C11H17N5/c1-16-11(13)9(6-12)10(15-16)3-2-8-4-5-14-7-8/h8,14H,2-5,7,13H2,1H3. The molecular formula is C11H17N5. The fraction of sp³-hybridized carbons (Fsp3) is 0.636. The van der Waals surface area contributed by atoms with Gasteiger partial charge >= 0.3 is 0 Å². The lowest BCUT2D eigenvalue weighted by atomic mass is 10.0. The van der Waals surface area contributed by atoms with E-state index in [1.54, 1.807) is 11.7 Å². The van der Waals surface area contributed by atoms with E-state index in [0.29, 0.717) is 11.4 Å². The van der Waals surface area contributed by atoms with Crippen LogP contribution in [0.5, 0.6) is 0 Å². The van der Waals surface area contributed by atoms with Crippen molar-refractivity contribution in [1.82, 2.24) is 15.1 Å². The lowest BCUT2D eigenvalue weighted by Gasteiger charge is -2.05. The van der Waals surface area contributed by atoms with Crippen molar-refractivity contribution in [2.24, 2.45) is 13.0 Å². The van der Waals surface area contributed by atoms with E-state index in [-0.39, 0.29) is 0 Å². The van der Waals surface area contributed by atoms with Crippen LogP contribution in [0.1, 0.15) is 24.1 Å². The quantitative estimate of drug-likeness (QED) is 0.772. The van der Waals surface area contributed by atoms with Gasteiger partial charge in [-0.2, -0.15) is 10.4 Å².